The van der Waals surface area contributed by atoms with Gasteiger partial charge in [-0.2, -0.15) is 0 Å². The molecule has 1 fully saturated rings. The molecule has 3 aromatic rings. The van der Waals surface area contributed by atoms with E-state index < -0.39 is 0 Å². The molecule has 1 aliphatic rings. The minimum Gasteiger partial charge on any atom is -0.391 e. The van der Waals surface area contributed by atoms with E-state index in [-0.39, 0.29) is 6.10 Å². The number of fused-ring (bicyclic) bond motifs is 3. The molecule has 4 rings (SSSR count). The van der Waals surface area contributed by atoms with Gasteiger partial charge in [0, 0.05) is 17.0 Å². The minimum absolute atomic E-state index is 0.277. The highest BCUT2D eigenvalue weighted by Gasteiger charge is 2.23. The number of hydrogen-bond acceptors (Lipinski definition) is 2. The van der Waals surface area contributed by atoms with Crippen LogP contribution in [-0.4, -0.2) is 20.8 Å². The molecule has 3 heteroatoms. The van der Waals surface area contributed by atoms with E-state index in [1.807, 2.05) is 12.3 Å². The first-order chi connectivity index (χ1) is 10.8. The van der Waals surface area contributed by atoms with Gasteiger partial charge in [0.25, 0.3) is 0 Å². The van der Waals surface area contributed by atoms with Crippen molar-refractivity contribution in [1.29, 1.82) is 0 Å². The number of benzene rings is 1. The van der Waals surface area contributed by atoms with E-state index in [9.17, 15) is 5.11 Å². The zero-order valence-electron chi connectivity index (χ0n) is 12.8. The van der Waals surface area contributed by atoms with Crippen LogP contribution in [0.25, 0.3) is 21.9 Å². The Morgan fingerprint density at radius 3 is 2.68 bits per heavy atom. The Labute approximate surface area is 130 Å². The summed E-state index contributed by atoms with van der Waals surface area (Å²) in [5.74, 6) is 0.439. The lowest BCUT2D eigenvalue weighted by molar-refractivity contribution is 0.0715. The second-order valence-corrected chi connectivity index (χ2v) is 6.47. The molecular formula is C19H22N2O. The summed E-state index contributed by atoms with van der Waals surface area (Å²) < 4.78 is 2.20. The summed E-state index contributed by atoms with van der Waals surface area (Å²) in [6, 6.07) is 12.5. The zero-order valence-corrected chi connectivity index (χ0v) is 12.8. The molecule has 1 saturated carbocycles. The van der Waals surface area contributed by atoms with Crippen molar-refractivity contribution in [3.8, 4) is 0 Å². The Hall–Kier alpha value is -1.87. The summed E-state index contributed by atoms with van der Waals surface area (Å²) in [4.78, 5) is 4.57. The lowest BCUT2D eigenvalue weighted by Gasteiger charge is -2.27. The van der Waals surface area contributed by atoms with Crippen LogP contribution in [0.15, 0.2) is 42.6 Å². The predicted octanol–water partition coefficient (Wildman–Crippen LogP) is 4.13. The SMILES string of the molecule is OC(Cn1c2ccccc2c2cccnc21)C1CCCCC1. The van der Waals surface area contributed by atoms with Crippen molar-refractivity contribution >= 4 is 21.9 Å². The molecule has 0 spiro atoms. The maximum atomic E-state index is 10.7. The molecule has 1 unspecified atom stereocenters. The maximum absolute atomic E-state index is 10.7. The highest BCUT2D eigenvalue weighted by Crippen LogP contribution is 2.31. The number of aromatic nitrogens is 2. The number of aliphatic hydroxyl groups is 1. The van der Waals surface area contributed by atoms with Crippen LogP contribution in [0.3, 0.4) is 0 Å². The molecule has 1 atom stereocenters. The standard InChI is InChI=1S/C19H22N2O/c22-18(14-7-2-1-3-8-14)13-21-17-11-5-4-9-15(17)16-10-6-12-20-19(16)21/h4-6,9-12,14,18,22H,1-3,7-8,13H2. The smallest absolute Gasteiger partial charge is 0.141 e. The molecule has 0 saturated heterocycles. The molecular weight excluding hydrogens is 272 g/mol. The Bertz CT molecular complexity index is 733. The molecule has 22 heavy (non-hydrogen) atoms. The van der Waals surface area contributed by atoms with Crippen molar-refractivity contribution in [1.82, 2.24) is 9.55 Å². The van der Waals surface area contributed by atoms with Crippen LogP contribution < -0.4 is 0 Å². The molecule has 3 nitrogen and oxygen atoms in total. The molecule has 1 N–H and O–H groups in total. The van der Waals surface area contributed by atoms with Crippen LogP contribution in [0.1, 0.15) is 32.1 Å². The highest BCUT2D eigenvalue weighted by atomic mass is 16.3. The topological polar surface area (TPSA) is 38.0 Å². The summed E-state index contributed by atoms with van der Waals surface area (Å²) in [7, 11) is 0. The van der Waals surface area contributed by atoms with Gasteiger partial charge >= 0.3 is 0 Å². The van der Waals surface area contributed by atoms with Gasteiger partial charge in [-0.15, -0.1) is 0 Å². The first-order valence-electron chi connectivity index (χ1n) is 8.34. The third-order valence-electron chi connectivity index (χ3n) is 5.09. The molecule has 114 valence electrons. The Kier molecular flexibility index (Phi) is 3.59. The van der Waals surface area contributed by atoms with E-state index in [0.717, 1.165) is 18.5 Å². The van der Waals surface area contributed by atoms with Gasteiger partial charge in [0.1, 0.15) is 5.65 Å². The van der Waals surface area contributed by atoms with Crippen molar-refractivity contribution in [2.24, 2.45) is 5.92 Å². The van der Waals surface area contributed by atoms with Crippen molar-refractivity contribution in [3.05, 3.63) is 42.6 Å². The van der Waals surface area contributed by atoms with Gasteiger partial charge in [0.15, 0.2) is 0 Å². The lowest BCUT2D eigenvalue weighted by Crippen LogP contribution is -2.27. The fourth-order valence-electron chi connectivity index (χ4n) is 3.91. The summed E-state index contributed by atoms with van der Waals surface area (Å²) in [6.07, 6.45) is 7.71. The van der Waals surface area contributed by atoms with E-state index in [1.165, 1.54) is 35.6 Å². The number of hydrogen-bond donors (Lipinski definition) is 1. The number of pyridine rings is 1. The summed E-state index contributed by atoms with van der Waals surface area (Å²) in [5, 5.41) is 13.1. The van der Waals surface area contributed by atoms with Crippen LogP contribution in [0.5, 0.6) is 0 Å². The second-order valence-electron chi connectivity index (χ2n) is 6.47. The van der Waals surface area contributed by atoms with Crippen LogP contribution in [0.4, 0.5) is 0 Å². The van der Waals surface area contributed by atoms with Gasteiger partial charge in [-0.3, -0.25) is 0 Å². The Balaban J connectivity index is 1.76. The summed E-state index contributed by atoms with van der Waals surface area (Å²) in [6.45, 7) is 0.645. The first kappa shape index (κ1) is 13.8. The molecule has 2 aromatic heterocycles. The van der Waals surface area contributed by atoms with Crippen molar-refractivity contribution in [2.75, 3.05) is 0 Å². The number of rotatable bonds is 3. The third-order valence-corrected chi connectivity index (χ3v) is 5.09. The average molecular weight is 294 g/mol. The quantitative estimate of drug-likeness (QED) is 0.788. The monoisotopic (exact) mass is 294 g/mol. The lowest BCUT2D eigenvalue weighted by atomic mass is 9.85. The second kappa shape index (κ2) is 5.73. The number of aliphatic hydroxyl groups excluding tert-OH is 1. The molecule has 1 aliphatic carbocycles. The fourth-order valence-corrected chi connectivity index (χ4v) is 3.91. The van der Waals surface area contributed by atoms with Gasteiger partial charge < -0.3 is 9.67 Å². The molecule has 1 aromatic carbocycles. The summed E-state index contributed by atoms with van der Waals surface area (Å²) in [5.41, 5.74) is 2.16. The van der Waals surface area contributed by atoms with E-state index in [1.54, 1.807) is 0 Å². The zero-order chi connectivity index (χ0) is 14.9. The van der Waals surface area contributed by atoms with Crippen LogP contribution in [0.2, 0.25) is 0 Å². The van der Waals surface area contributed by atoms with Crippen LogP contribution in [-0.2, 0) is 6.54 Å². The predicted molar refractivity (Wildman–Crippen MR) is 89.8 cm³/mol. The largest absolute Gasteiger partial charge is 0.391 e. The van der Waals surface area contributed by atoms with Gasteiger partial charge in [-0.05, 0) is 37.0 Å². The highest BCUT2D eigenvalue weighted by molar-refractivity contribution is 6.06. The minimum atomic E-state index is -0.277. The van der Waals surface area contributed by atoms with Crippen molar-refractivity contribution in [2.45, 2.75) is 44.8 Å². The summed E-state index contributed by atoms with van der Waals surface area (Å²) >= 11 is 0. The molecule has 2 heterocycles. The fraction of sp³-hybridized carbons (Fsp3) is 0.421. The maximum Gasteiger partial charge on any atom is 0.141 e. The van der Waals surface area contributed by atoms with E-state index >= 15 is 0 Å². The molecule has 0 bridgehead atoms. The van der Waals surface area contributed by atoms with Crippen LogP contribution in [0, 0.1) is 5.92 Å². The van der Waals surface area contributed by atoms with Crippen LogP contribution >= 0.6 is 0 Å². The molecule has 0 aliphatic heterocycles. The Morgan fingerprint density at radius 2 is 1.82 bits per heavy atom. The molecule has 0 radical (unpaired) electrons. The number of nitrogens with zero attached hydrogens (tertiary/aromatic N) is 2. The Morgan fingerprint density at radius 1 is 1.05 bits per heavy atom. The third kappa shape index (κ3) is 2.30. The van der Waals surface area contributed by atoms with E-state index in [2.05, 4.69) is 39.9 Å². The van der Waals surface area contributed by atoms with Gasteiger partial charge in [-0.1, -0.05) is 37.5 Å². The van der Waals surface area contributed by atoms with Gasteiger partial charge in [0.2, 0.25) is 0 Å². The normalized spacial score (nSPS) is 18.0. The van der Waals surface area contributed by atoms with E-state index in [0.29, 0.717) is 12.5 Å². The first-order valence-corrected chi connectivity index (χ1v) is 8.34. The number of para-hydroxylation sites is 1. The van der Waals surface area contributed by atoms with Crippen molar-refractivity contribution < 1.29 is 5.11 Å². The molecule has 0 amide bonds. The van der Waals surface area contributed by atoms with Gasteiger partial charge in [0.05, 0.1) is 18.2 Å². The average Bonchev–Trinajstić information content (AvgIpc) is 2.90. The van der Waals surface area contributed by atoms with E-state index in [4.69, 9.17) is 0 Å². The van der Waals surface area contributed by atoms with Crippen molar-refractivity contribution in [3.63, 3.8) is 0 Å². The van der Waals surface area contributed by atoms with Gasteiger partial charge in [-0.25, -0.2) is 4.98 Å².